The average molecular weight is 209 g/mol. The highest BCUT2D eigenvalue weighted by atomic mass is 32.2. The number of hydrogen-bond donors (Lipinski definition) is 2. The summed E-state index contributed by atoms with van der Waals surface area (Å²) in [5.74, 6) is 0.316. The molecule has 0 aliphatic carbocycles. The van der Waals surface area contributed by atoms with Gasteiger partial charge in [-0.1, -0.05) is 12.8 Å². The van der Waals surface area contributed by atoms with Gasteiger partial charge in [-0.25, -0.2) is 9.00 Å². The summed E-state index contributed by atoms with van der Waals surface area (Å²) >= 11 is -1.69. The topological polar surface area (TPSA) is 89.6 Å². The lowest BCUT2D eigenvalue weighted by atomic mass is 10.2. The summed E-state index contributed by atoms with van der Waals surface area (Å²) in [5.41, 5.74) is 4.74. The molecule has 0 aromatic carbocycles. The number of carbonyl (C=O) groups is 1. The molecule has 0 saturated carbocycles. The molecule has 0 aromatic rings. The van der Waals surface area contributed by atoms with Gasteiger partial charge in [0.15, 0.2) is 11.1 Å². The van der Waals surface area contributed by atoms with Crippen LogP contribution in [0.5, 0.6) is 0 Å². The molecule has 0 heterocycles. The second-order valence-electron chi connectivity index (χ2n) is 2.61. The van der Waals surface area contributed by atoms with E-state index < -0.39 is 17.2 Å². The van der Waals surface area contributed by atoms with Crippen LogP contribution in [0.1, 0.15) is 25.7 Å². The molecule has 0 fully saturated rings. The standard InChI is InChI=1S/C7H15NO4S/c8-7(9)12-5-3-1-2-4-6-13(10)11/h1-6H2,(H2,8,9)(H,10,11). The van der Waals surface area contributed by atoms with Gasteiger partial charge < -0.3 is 15.0 Å². The van der Waals surface area contributed by atoms with Gasteiger partial charge in [0.25, 0.3) is 0 Å². The largest absolute Gasteiger partial charge is 0.450 e. The SMILES string of the molecule is NC(=O)OCCCCCCS(=O)O. The van der Waals surface area contributed by atoms with Crippen molar-refractivity contribution in [3.05, 3.63) is 0 Å². The molecule has 0 bridgehead atoms. The van der Waals surface area contributed by atoms with Gasteiger partial charge in [0.05, 0.1) is 6.61 Å². The summed E-state index contributed by atoms with van der Waals surface area (Å²) in [6, 6.07) is 0. The Balaban J connectivity index is 3.00. The molecule has 3 N–H and O–H groups in total. The number of unbranched alkanes of at least 4 members (excludes halogenated alkanes) is 3. The second-order valence-corrected chi connectivity index (χ2v) is 3.66. The molecule has 0 spiro atoms. The maximum Gasteiger partial charge on any atom is 0.404 e. The van der Waals surface area contributed by atoms with Crippen molar-refractivity contribution in [2.45, 2.75) is 25.7 Å². The van der Waals surface area contributed by atoms with Gasteiger partial charge in [0, 0.05) is 5.75 Å². The van der Waals surface area contributed by atoms with Crippen LogP contribution >= 0.6 is 0 Å². The van der Waals surface area contributed by atoms with E-state index in [4.69, 9.17) is 10.3 Å². The lowest BCUT2D eigenvalue weighted by Crippen LogP contribution is -2.13. The first-order valence-electron chi connectivity index (χ1n) is 4.12. The van der Waals surface area contributed by atoms with Crippen LogP contribution in [0.4, 0.5) is 4.79 Å². The van der Waals surface area contributed by atoms with Crippen LogP contribution in [0.3, 0.4) is 0 Å². The van der Waals surface area contributed by atoms with Crippen LogP contribution < -0.4 is 5.73 Å². The number of primary amides is 1. The lowest BCUT2D eigenvalue weighted by molar-refractivity contribution is 0.154. The summed E-state index contributed by atoms with van der Waals surface area (Å²) in [7, 11) is 0. The molecule has 0 saturated heterocycles. The normalized spacial score (nSPS) is 12.4. The van der Waals surface area contributed by atoms with E-state index in [-0.39, 0.29) is 0 Å². The number of nitrogens with two attached hydrogens (primary N) is 1. The third kappa shape index (κ3) is 11.4. The van der Waals surface area contributed by atoms with Gasteiger partial charge in [-0.05, 0) is 12.8 Å². The van der Waals surface area contributed by atoms with E-state index in [1.165, 1.54) is 0 Å². The number of hydrogen-bond acceptors (Lipinski definition) is 3. The van der Waals surface area contributed by atoms with E-state index >= 15 is 0 Å². The Morgan fingerprint density at radius 3 is 2.46 bits per heavy atom. The molecule has 0 aliphatic rings. The molecule has 5 nitrogen and oxygen atoms in total. The fourth-order valence-corrected chi connectivity index (χ4v) is 1.30. The number of ether oxygens (including phenoxy) is 1. The Bertz CT molecular complexity index is 156. The van der Waals surface area contributed by atoms with Crippen molar-refractivity contribution in [3.8, 4) is 0 Å². The minimum absolute atomic E-state index is 0.316. The van der Waals surface area contributed by atoms with Crippen molar-refractivity contribution in [2.24, 2.45) is 5.73 Å². The molecule has 6 heteroatoms. The molecule has 78 valence electrons. The summed E-state index contributed by atoms with van der Waals surface area (Å²) in [5, 5.41) is 0. The Morgan fingerprint density at radius 2 is 1.92 bits per heavy atom. The smallest absolute Gasteiger partial charge is 0.404 e. The van der Waals surface area contributed by atoms with Crippen molar-refractivity contribution < 1.29 is 18.3 Å². The van der Waals surface area contributed by atoms with Gasteiger partial charge in [-0.15, -0.1) is 0 Å². The highest BCUT2D eigenvalue weighted by Gasteiger charge is 1.95. The Hall–Kier alpha value is -0.620. The highest BCUT2D eigenvalue weighted by molar-refractivity contribution is 7.79. The van der Waals surface area contributed by atoms with E-state index in [2.05, 4.69) is 4.74 Å². The Labute approximate surface area is 79.9 Å². The monoisotopic (exact) mass is 209 g/mol. The molecule has 13 heavy (non-hydrogen) atoms. The zero-order valence-corrected chi connectivity index (χ0v) is 8.22. The molecule has 1 atom stereocenters. The van der Waals surface area contributed by atoms with Crippen molar-refractivity contribution in [1.29, 1.82) is 0 Å². The maximum atomic E-state index is 10.2. The zero-order chi connectivity index (χ0) is 10.1. The van der Waals surface area contributed by atoms with Gasteiger partial charge >= 0.3 is 6.09 Å². The summed E-state index contributed by atoms with van der Waals surface area (Å²) < 4.78 is 23.1. The minimum Gasteiger partial charge on any atom is -0.450 e. The van der Waals surface area contributed by atoms with Gasteiger partial charge in [-0.2, -0.15) is 0 Å². The lowest BCUT2D eigenvalue weighted by Gasteiger charge is -2.00. The Morgan fingerprint density at radius 1 is 1.31 bits per heavy atom. The van der Waals surface area contributed by atoms with Crippen molar-refractivity contribution in [3.63, 3.8) is 0 Å². The zero-order valence-electron chi connectivity index (χ0n) is 7.40. The van der Waals surface area contributed by atoms with Crippen molar-refractivity contribution >= 4 is 17.2 Å². The van der Waals surface area contributed by atoms with E-state index in [1.54, 1.807) is 0 Å². The predicted octanol–water partition coefficient (Wildman–Crippen LogP) is 0.864. The molecular weight excluding hydrogens is 194 g/mol. The fourth-order valence-electron chi connectivity index (χ4n) is 0.854. The second kappa shape index (κ2) is 8.00. The third-order valence-electron chi connectivity index (χ3n) is 1.46. The van der Waals surface area contributed by atoms with Gasteiger partial charge in [0.1, 0.15) is 0 Å². The van der Waals surface area contributed by atoms with Crippen molar-refractivity contribution in [2.75, 3.05) is 12.4 Å². The average Bonchev–Trinajstić information content (AvgIpc) is 2.01. The molecular formula is C7H15NO4S. The van der Waals surface area contributed by atoms with Crippen molar-refractivity contribution in [1.82, 2.24) is 0 Å². The van der Waals surface area contributed by atoms with Crippen LogP contribution in [-0.2, 0) is 15.8 Å². The van der Waals surface area contributed by atoms with E-state index in [1.807, 2.05) is 0 Å². The molecule has 0 aliphatic heterocycles. The van der Waals surface area contributed by atoms with E-state index in [9.17, 15) is 9.00 Å². The van der Waals surface area contributed by atoms with Crippen LogP contribution in [-0.4, -0.2) is 27.2 Å². The number of amides is 1. The van der Waals surface area contributed by atoms with E-state index in [0.717, 1.165) is 25.7 Å². The first kappa shape index (κ1) is 12.4. The molecule has 1 amide bonds. The number of rotatable bonds is 7. The van der Waals surface area contributed by atoms with Crippen LogP contribution in [0.15, 0.2) is 0 Å². The quantitative estimate of drug-likeness (QED) is 0.480. The van der Waals surface area contributed by atoms with Crippen LogP contribution in [0.2, 0.25) is 0 Å². The molecule has 0 aromatic heterocycles. The molecule has 0 rings (SSSR count). The third-order valence-corrected chi connectivity index (χ3v) is 2.10. The molecule has 1 unspecified atom stereocenters. The first-order chi connectivity index (χ1) is 6.13. The Kier molecular flexibility index (Phi) is 7.62. The maximum absolute atomic E-state index is 10.2. The predicted molar refractivity (Wildman–Crippen MR) is 49.6 cm³/mol. The fraction of sp³-hybridized carbons (Fsp3) is 0.857. The van der Waals surface area contributed by atoms with E-state index in [0.29, 0.717) is 12.4 Å². The number of carbonyl (C=O) groups excluding carboxylic acids is 1. The summed E-state index contributed by atoms with van der Waals surface area (Å²) in [4.78, 5) is 10.1. The first-order valence-corrected chi connectivity index (χ1v) is 5.40. The minimum atomic E-state index is -1.69. The molecule has 0 radical (unpaired) electrons. The van der Waals surface area contributed by atoms with Gasteiger partial charge in [-0.3, -0.25) is 0 Å². The summed E-state index contributed by atoms with van der Waals surface area (Å²) in [6.07, 6.45) is 2.47. The van der Waals surface area contributed by atoms with Crippen LogP contribution in [0, 0.1) is 0 Å². The highest BCUT2D eigenvalue weighted by Crippen LogP contribution is 2.00. The summed E-state index contributed by atoms with van der Waals surface area (Å²) in [6.45, 7) is 0.331. The van der Waals surface area contributed by atoms with Gasteiger partial charge in [0.2, 0.25) is 0 Å². The van der Waals surface area contributed by atoms with Crippen LogP contribution in [0.25, 0.3) is 0 Å².